The number of likely N-dealkylation sites (N-methyl/N-ethyl adjacent to an activating group) is 1. The van der Waals surface area contributed by atoms with Gasteiger partial charge in [0.1, 0.15) is 11.3 Å². The van der Waals surface area contributed by atoms with Gasteiger partial charge in [-0.15, -0.1) is 0 Å². The fourth-order valence-corrected chi connectivity index (χ4v) is 2.30. The van der Waals surface area contributed by atoms with Crippen molar-refractivity contribution in [1.82, 2.24) is 9.97 Å². The number of aromatic amines is 1. The van der Waals surface area contributed by atoms with E-state index in [1.54, 1.807) is 13.8 Å². The van der Waals surface area contributed by atoms with Crippen LogP contribution in [-0.2, 0) is 4.79 Å². The quantitative estimate of drug-likeness (QED) is 0.782. The molecule has 2 heterocycles. The van der Waals surface area contributed by atoms with Gasteiger partial charge in [-0.2, -0.15) is 0 Å². The summed E-state index contributed by atoms with van der Waals surface area (Å²) in [4.78, 5) is 31.5. The monoisotopic (exact) mass is 277 g/mol. The lowest BCUT2D eigenvalue weighted by atomic mass is 10.1. The van der Waals surface area contributed by atoms with E-state index in [2.05, 4.69) is 9.97 Å². The third-order valence-electron chi connectivity index (χ3n) is 3.33. The Labute approximate surface area is 113 Å². The molecule has 1 aromatic heterocycles. The molecule has 2 aromatic rings. The SMILES string of the molecule is Cc1nc2c(F)c3c(cc2c(=O)[nH]1)N(C)C(=O)[C@@H](C)O3. The van der Waals surface area contributed by atoms with Gasteiger partial charge in [-0.1, -0.05) is 0 Å². The van der Waals surface area contributed by atoms with E-state index in [9.17, 15) is 14.0 Å². The van der Waals surface area contributed by atoms with Crippen molar-refractivity contribution >= 4 is 22.5 Å². The maximum atomic E-state index is 14.5. The number of nitrogens with zero attached hydrogens (tertiary/aromatic N) is 2. The number of aromatic nitrogens is 2. The molecule has 1 aromatic carbocycles. The number of carbonyl (C=O) groups excluding carboxylic acids is 1. The summed E-state index contributed by atoms with van der Waals surface area (Å²) in [5.41, 5.74) is -0.275. The Kier molecular flexibility index (Phi) is 2.53. The van der Waals surface area contributed by atoms with Gasteiger partial charge in [0.15, 0.2) is 17.7 Å². The van der Waals surface area contributed by atoms with Crippen molar-refractivity contribution in [3.63, 3.8) is 0 Å². The van der Waals surface area contributed by atoms with E-state index in [0.717, 1.165) is 0 Å². The van der Waals surface area contributed by atoms with Crippen LogP contribution in [0.15, 0.2) is 10.9 Å². The van der Waals surface area contributed by atoms with Crippen LogP contribution in [0.3, 0.4) is 0 Å². The van der Waals surface area contributed by atoms with Crippen LogP contribution in [0.25, 0.3) is 10.9 Å². The number of benzene rings is 1. The lowest BCUT2D eigenvalue weighted by molar-refractivity contribution is -0.125. The molecule has 0 aliphatic carbocycles. The summed E-state index contributed by atoms with van der Waals surface area (Å²) in [6.45, 7) is 3.11. The van der Waals surface area contributed by atoms with Gasteiger partial charge in [0, 0.05) is 7.05 Å². The number of halogens is 1. The molecule has 0 bridgehead atoms. The normalized spacial score (nSPS) is 18.1. The summed E-state index contributed by atoms with van der Waals surface area (Å²) in [6, 6.07) is 1.42. The highest BCUT2D eigenvalue weighted by Crippen LogP contribution is 2.38. The van der Waals surface area contributed by atoms with Crippen LogP contribution in [0.2, 0.25) is 0 Å². The second-order valence-corrected chi connectivity index (χ2v) is 4.74. The van der Waals surface area contributed by atoms with Crippen LogP contribution in [0.5, 0.6) is 5.75 Å². The van der Waals surface area contributed by atoms with Crippen molar-refractivity contribution in [3.8, 4) is 5.75 Å². The minimum absolute atomic E-state index is 0.0513. The van der Waals surface area contributed by atoms with Gasteiger partial charge in [0.25, 0.3) is 11.5 Å². The molecular formula is C13H12FN3O3. The second-order valence-electron chi connectivity index (χ2n) is 4.74. The second kappa shape index (κ2) is 4.03. The fourth-order valence-electron chi connectivity index (χ4n) is 2.30. The number of fused-ring (bicyclic) bond motifs is 2. The Bertz CT molecular complexity index is 800. The molecule has 3 rings (SSSR count). The molecule has 0 radical (unpaired) electrons. The van der Waals surface area contributed by atoms with Gasteiger partial charge in [-0.25, -0.2) is 9.37 Å². The molecule has 0 saturated heterocycles. The molecule has 1 amide bonds. The first-order valence-electron chi connectivity index (χ1n) is 6.07. The molecule has 0 fully saturated rings. The number of H-pyrrole nitrogens is 1. The Morgan fingerprint density at radius 1 is 1.45 bits per heavy atom. The minimum Gasteiger partial charge on any atom is -0.476 e. The average Bonchev–Trinajstić information content (AvgIpc) is 2.39. The summed E-state index contributed by atoms with van der Waals surface area (Å²) in [5.74, 6) is -0.759. The standard InChI is InChI=1S/C13H12FN3O3/c1-5-13(19)17(3)8-4-7-10(9(14)11(8)20-5)15-6(2)16-12(7)18/h4-5H,1-3H3,(H,15,16,18)/t5-/m1/s1. The van der Waals surface area contributed by atoms with Crippen molar-refractivity contribution in [1.29, 1.82) is 0 Å². The average molecular weight is 277 g/mol. The zero-order valence-electron chi connectivity index (χ0n) is 11.2. The Morgan fingerprint density at radius 2 is 2.15 bits per heavy atom. The molecule has 1 N–H and O–H groups in total. The van der Waals surface area contributed by atoms with Gasteiger partial charge < -0.3 is 14.6 Å². The van der Waals surface area contributed by atoms with E-state index in [1.165, 1.54) is 18.0 Å². The van der Waals surface area contributed by atoms with E-state index >= 15 is 0 Å². The van der Waals surface area contributed by atoms with Gasteiger partial charge in [0.05, 0.1) is 11.1 Å². The zero-order valence-corrected chi connectivity index (χ0v) is 11.2. The number of nitrogens with one attached hydrogen (secondary N) is 1. The first-order valence-corrected chi connectivity index (χ1v) is 6.07. The molecule has 0 saturated carbocycles. The van der Waals surface area contributed by atoms with Crippen LogP contribution in [0.4, 0.5) is 10.1 Å². The van der Waals surface area contributed by atoms with Crippen molar-refractivity contribution in [3.05, 3.63) is 28.1 Å². The number of amides is 1. The van der Waals surface area contributed by atoms with Crippen molar-refractivity contribution in [2.24, 2.45) is 0 Å². The lowest BCUT2D eigenvalue weighted by Gasteiger charge is -2.30. The predicted molar refractivity (Wildman–Crippen MR) is 70.6 cm³/mol. The zero-order chi connectivity index (χ0) is 14.6. The van der Waals surface area contributed by atoms with Crippen molar-refractivity contribution in [2.75, 3.05) is 11.9 Å². The lowest BCUT2D eigenvalue weighted by Crippen LogP contribution is -2.42. The topological polar surface area (TPSA) is 75.3 Å². The molecule has 1 aliphatic heterocycles. The molecule has 1 aliphatic rings. The highest BCUT2D eigenvalue weighted by Gasteiger charge is 2.32. The van der Waals surface area contributed by atoms with Crippen LogP contribution in [0.1, 0.15) is 12.7 Å². The molecule has 0 spiro atoms. The molecule has 6 nitrogen and oxygen atoms in total. The Morgan fingerprint density at radius 3 is 2.85 bits per heavy atom. The smallest absolute Gasteiger partial charge is 0.267 e. The number of aryl methyl sites for hydroxylation is 1. The minimum atomic E-state index is -0.775. The maximum Gasteiger partial charge on any atom is 0.267 e. The van der Waals surface area contributed by atoms with Crippen molar-refractivity contribution < 1.29 is 13.9 Å². The van der Waals surface area contributed by atoms with Crippen LogP contribution in [0, 0.1) is 12.7 Å². The number of carbonyl (C=O) groups is 1. The number of hydrogen-bond acceptors (Lipinski definition) is 4. The van der Waals surface area contributed by atoms with E-state index in [1.807, 2.05) is 0 Å². The van der Waals surface area contributed by atoms with E-state index in [0.29, 0.717) is 5.82 Å². The summed E-state index contributed by atoms with van der Waals surface area (Å²) in [5, 5.41) is 0.0876. The summed E-state index contributed by atoms with van der Waals surface area (Å²) < 4.78 is 19.8. The number of rotatable bonds is 0. The molecular weight excluding hydrogens is 265 g/mol. The van der Waals surface area contributed by atoms with Crippen LogP contribution in [-0.4, -0.2) is 29.0 Å². The van der Waals surface area contributed by atoms with E-state index in [-0.39, 0.29) is 28.2 Å². The Hall–Kier alpha value is -2.44. The van der Waals surface area contributed by atoms with Gasteiger partial charge in [-0.05, 0) is 19.9 Å². The number of ether oxygens (including phenoxy) is 1. The van der Waals surface area contributed by atoms with Gasteiger partial charge >= 0.3 is 0 Å². The third kappa shape index (κ3) is 1.59. The molecule has 104 valence electrons. The first-order chi connectivity index (χ1) is 9.40. The van der Waals surface area contributed by atoms with Gasteiger partial charge in [-0.3, -0.25) is 9.59 Å². The third-order valence-corrected chi connectivity index (χ3v) is 3.33. The maximum absolute atomic E-state index is 14.5. The van der Waals surface area contributed by atoms with Crippen LogP contribution >= 0.6 is 0 Å². The number of hydrogen-bond donors (Lipinski definition) is 1. The highest BCUT2D eigenvalue weighted by atomic mass is 19.1. The van der Waals surface area contributed by atoms with Gasteiger partial charge in [0.2, 0.25) is 0 Å². The van der Waals surface area contributed by atoms with Crippen LogP contribution < -0.4 is 15.2 Å². The van der Waals surface area contributed by atoms with E-state index in [4.69, 9.17) is 4.74 Å². The molecule has 7 heteroatoms. The number of anilines is 1. The summed E-state index contributed by atoms with van der Waals surface area (Å²) in [6.07, 6.45) is -0.775. The highest BCUT2D eigenvalue weighted by molar-refractivity contribution is 6.02. The predicted octanol–water partition coefficient (Wildman–Crippen LogP) is 1.11. The Balaban J connectivity index is 2.41. The summed E-state index contributed by atoms with van der Waals surface area (Å²) >= 11 is 0. The van der Waals surface area contributed by atoms with E-state index < -0.39 is 17.5 Å². The first kappa shape index (κ1) is 12.6. The van der Waals surface area contributed by atoms with Crippen molar-refractivity contribution in [2.45, 2.75) is 20.0 Å². The molecule has 1 atom stereocenters. The molecule has 20 heavy (non-hydrogen) atoms. The molecule has 0 unspecified atom stereocenters. The fraction of sp³-hybridized carbons (Fsp3) is 0.308. The summed E-state index contributed by atoms with van der Waals surface area (Å²) in [7, 11) is 1.52. The largest absolute Gasteiger partial charge is 0.476 e.